The highest BCUT2D eigenvalue weighted by Crippen LogP contribution is 2.29. The summed E-state index contributed by atoms with van der Waals surface area (Å²) in [5.41, 5.74) is 2.16. The fourth-order valence-corrected chi connectivity index (χ4v) is 4.51. The number of nitro groups is 1. The van der Waals surface area contributed by atoms with E-state index in [1.165, 1.54) is 24.3 Å². The van der Waals surface area contributed by atoms with Crippen molar-refractivity contribution in [2.24, 2.45) is 0 Å². The van der Waals surface area contributed by atoms with Gasteiger partial charge in [-0.2, -0.15) is 5.10 Å². The molecule has 1 aliphatic heterocycles. The van der Waals surface area contributed by atoms with Crippen molar-refractivity contribution in [2.45, 2.75) is 6.42 Å². The Morgan fingerprint density at radius 3 is 2.42 bits per heavy atom. The number of benzene rings is 3. The zero-order chi connectivity index (χ0) is 26.1. The van der Waals surface area contributed by atoms with E-state index in [2.05, 4.69) is 25.3 Å². The molecular weight excluding hydrogens is 518 g/mol. The molecule has 0 spiro atoms. The largest absolute Gasteiger partial charge is 0.369 e. The maximum Gasteiger partial charge on any atom is 0.284 e. The van der Waals surface area contributed by atoms with Crippen molar-refractivity contribution >= 4 is 46.4 Å². The summed E-state index contributed by atoms with van der Waals surface area (Å²) in [6.45, 7) is 3.17. The van der Waals surface area contributed by atoms with Crippen LogP contribution in [0.2, 0.25) is 0 Å². The highest BCUT2D eigenvalue weighted by atomic mass is 35.5. The number of nitrogens with one attached hydrogen (secondary N) is 2. The minimum Gasteiger partial charge on any atom is -0.369 e. The van der Waals surface area contributed by atoms with Crippen molar-refractivity contribution in [3.63, 3.8) is 0 Å². The van der Waals surface area contributed by atoms with Gasteiger partial charge in [-0.25, -0.2) is 8.78 Å². The van der Waals surface area contributed by atoms with Gasteiger partial charge in [0.05, 0.1) is 10.4 Å². The number of likely N-dealkylation sites (N-methyl/N-ethyl adjacent to an activating group) is 1. The summed E-state index contributed by atoms with van der Waals surface area (Å²) in [6, 6.07) is 13.2. The Kier molecular flexibility index (Phi) is 7.88. The van der Waals surface area contributed by atoms with Crippen molar-refractivity contribution in [1.29, 1.82) is 0 Å². The smallest absolute Gasteiger partial charge is 0.284 e. The molecule has 0 saturated carbocycles. The van der Waals surface area contributed by atoms with Crippen LogP contribution >= 0.6 is 12.4 Å². The number of carbonyl (C=O) groups excluding carboxylic acids is 1. The molecule has 198 valence electrons. The van der Waals surface area contributed by atoms with Gasteiger partial charge in [0.2, 0.25) is 0 Å². The van der Waals surface area contributed by atoms with E-state index in [0.29, 0.717) is 22.2 Å². The molecule has 1 saturated heterocycles. The minimum atomic E-state index is -0.664. The van der Waals surface area contributed by atoms with Crippen LogP contribution in [0.5, 0.6) is 0 Å². The molecule has 0 bridgehead atoms. The average molecular weight is 543 g/mol. The molecule has 0 atom stereocenters. The number of anilines is 2. The second-order valence-electron chi connectivity index (χ2n) is 9.11. The molecule has 2 heterocycles. The van der Waals surface area contributed by atoms with E-state index in [9.17, 15) is 23.7 Å². The SMILES string of the molecule is CN1CCN(c2ccc(C(=O)Nc3n[nH]c4ccc(Cc5cc(F)cc(F)c5)cc34)c([N+](=O)[O-])c2)CC1.Cl. The number of carbonyl (C=O) groups is 1. The van der Waals surface area contributed by atoms with Gasteiger partial charge in [0.1, 0.15) is 17.2 Å². The summed E-state index contributed by atoms with van der Waals surface area (Å²) in [6.07, 6.45) is 0.266. The third kappa shape index (κ3) is 5.74. The number of hydrogen-bond acceptors (Lipinski definition) is 6. The number of amides is 1. The van der Waals surface area contributed by atoms with Gasteiger partial charge in [0.15, 0.2) is 5.82 Å². The Bertz CT molecular complexity index is 1480. The maximum atomic E-state index is 13.6. The first-order valence-electron chi connectivity index (χ1n) is 11.7. The van der Waals surface area contributed by atoms with Crippen LogP contribution in [0.15, 0.2) is 54.6 Å². The lowest BCUT2D eigenvalue weighted by Crippen LogP contribution is -2.44. The number of aromatic nitrogens is 2. The van der Waals surface area contributed by atoms with Crippen molar-refractivity contribution < 1.29 is 18.5 Å². The summed E-state index contributed by atoms with van der Waals surface area (Å²) in [5, 5.41) is 22.0. The van der Waals surface area contributed by atoms with E-state index in [0.717, 1.165) is 37.8 Å². The summed E-state index contributed by atoms with van der Waals surface area (Å²) < 4.78 is 27.2. The van der Waals surface area contributed by atoms with E-state index in [4.69, 9.17) is 0 Å². The normalized spacial score (nSPS) is 13.8. The van der Waals surface area contributed by atoms with Crippen LogP contribution in [0.1, 0.15) is 21.5 Å². The molecule has 0 aliphatic carbocycles. The molecule has 0 radical (unpaired) electrons. The quantitative estimate of drug-likeness (QED) is 0.268. The van der Waals surface area contributed by atoms with E-state index in [-0.39, 0.29) is 35.9 Å². The zero-order valence-electron chi connectivity index (χ0n) is 20.4. The van der Waals surface area contributed by atoms with E-state index < -0.39 is 22.5 Å². The van der Waals surface area contributed by atoms with Crippen LogP contribution in [0.4, 0.5) is 26.0 Å². The number of nitro benzene ring substituents is 1. The van der Waals surface area contributed by atoms with Crippen LogP contribution in [-0.4, -0.2) is 59.2 Å². The lowest BCUT2D eigenvalue weighted by molar-refractivity contribution is -0.385. The third-order valence-corrected chi connectivity index (χ3v) is 6.48. The van der Waals surface area contributed by atoms with Gasteiger partial charge in [-0.1, -0.05) is 6.07 Å². The Balaban J connectivity index is 0.00000336. The molecule has 1 fully saturated rings. The molecule has 1 aromatic heterocycles. The van der Waals surface area contributed by atoms with Crippen molar-refractivity contribution in [1.82, 2.24) is 15.1 Å². The molecule has 2 N–H and O–H groups in total. The fraction of sp³-hybridized carbons (Fsp3) is 0.231. The van der Waals surface area contributed by atoms with Crippen molar-refractivity contribution in [2.75, 3.05) is 43.4 Å². The van der Waals surface area contributed by atoms with Gasteiger partial charge in [-0.05, 0) is 61.0 Å². The van der Waals surface area contributed by atoms with Crippen molar-refractivity contribution in [3.05, 3.63) is 93.0 Å². The highest BCUT2D eigenvalue weighted by molar-refractivity contribution is 6.10. The third-order valence-electron chi connectivity index (χ3n) is 6.48. The van der Waals surface area contributed by atoms with Crippen molar-refractivity contribution in [3.8, 4) is 0 Å². The van der Waals surface area contributed by atoms with Gasteiger partial charge >= 0.3 is 0 Å². The number of halogens is 3. The van der Waals surface area contributed by atoms with Gasteiger partial charge in [-0.3, -0.25) is 20.0 Å². The number of hydrogen-bond donors (Lipinski definition) is 2. The van der Waals surface area contributed by atoms with E-state index >= 15 is 0 Å². The van der Waals surface area contributed by atoms with Gasteiger partial charge in [0, 0.05) is 49.4 Å². The lowest BCUT2D eigenvalue weighted by atomic mass is 10.0. The van der Waals surface area contributed by atoms with Gasteiger partial charge in [-0.15, -0.1) is 12.4 Å². The van der Waals surface area contributed by atoms with Crippen LogP contribution in [-0.2, 0) is 6.42 Å². The summed E-state index contributed by atoms with van der Waals surface area (Å²) in [4.78, 5) is 28.6. The number of H-pyrrole nitrogens is 1. The summed E-state index contributed by atoms with van der Waals surface area (Å²) >= 11 is 0. The average Bonchev–Trinajstić information content (AvgIpc) is 3.25. The zero-order valence-corrected chi connectivity index (χ0v) is 21.2. The van der Waals surface area contributed by atoms with E-state index in [1.54, 1.807) is 24.3 Å². The molecule has 12 heteroatoms. The number of fused-ring (bicyclic) bond motifs is 1. The van der Waals surface area contributed by atoms with Crippen LogP contribution in [0, 0.1) is 21.7 Å². The van der Waals surface area contributed by atoms with E-state index in [1.807, 2.05) is 7.05 Å². The molecule has 4 aromatic rings. The Morgan fingerprint density at radius 1 is 1.03 bits per heavy atom. The fourth-order valence-electron chi connectivity index (χ4n) is 4.51. The van der Waals surface area contributed by atoms with Crippen LogP contribution in [0.3, 0.4) is 0 Å². The predicted octanol–water partition coefficient (Wildman–Crippen LogP) is 4.77. The molecule has 9 nitrogen and oxygen atoms in total. The van der Waals surface area contributed by atoms with Crippen LogP contribution < -0.4 is 10.2 Å². The highest BCUT2D eigenvalue weighted by Gasteiger charge is 2.24. The second kappa shape index (κ2) is 11.1. The Labute approximate surface area is 223 Å². The monoisotopic (exact) mass is 542 g/mol. The molecule has 5 rings (SSSR count). The number of nitrogens with zero attached hydrogens (tertiary/aromatic N) is 4. The van der Waals surface area contributed by atoms with Gasteiger partial charge in [0.25, 0.3) is 11.6 Å². The minimum absolute atomic E-state index is 0. The summed E-state index contributed by atoms with van der Waals surface area (Å²) in [7, 11) is 2.02. The predicted molar refractivity (Wildman–Crippen MR) is 143 cm³/mol. The number of rotatable bonds is 6. The molecule has 3 aromatic carbocycles. The molecule has 38 heavy (non-hydrogen) atoms. The first-order chi connectivity index (χ1) is 17.8. The number of aromatic amines is 1. The maximum absolute atomic E-state index is 13.6. The summed E-state index contributed by atoms with van der Waals surface area (Å²) in [5.74, 6) is -1.78. The molecular formula is C26H25ClF2N6O3. The Hall–Kier alpha value is -4.09. The first-order valence-corrected chi connectivity index (χ1v) is 11.7. The molecule has 1 amide bonds. The Morgan fingerprint density at radius 2 is 1.74 bits per heavy atom. The molecule has 0 unspecified atom stereocenters. The second-order valence-corrected chi connectivity index (χ2v) is 9.11. The topological polar surface area (TPSA) is 107 Å². The standard InChI is InChI=1S/C26H24F2N6O3.ClH/c1-32-6-8-33(9-7-32)20-3-4-21(24(15-20)34(36)37)26(35)29-25-22-13-16(2-5-23(22)30-31-25)10-17-11-18(27)14-19(28)12-17;/h2-5,11-15H,6-10H2,1H3,(H2,29,30,31,35);1H. The first kappa shape index (κ1) is 27.0. The molecule has 1 aliphatic rings. The van der Waals surface area contributed by atoms with Gasteiger partial charge < -0.3 is 15.1 Å². The number of piperazine rings is 1. The lowest BCUT2D eigenvalue weighted by Gasteiger charge is -2.34. The van der Waals surface area contributed by atoms with Crippen LogP contribution in [0.25, 0.3) is 10.9 Å².